The molecule has 7 heteroatoms. The summed E-state index contributed by atoms with van der Waals surface area (Å²) in [4.78, 5) is 21.3. The first kappa shape index (κ1) is 14.9. The van der Waals surface area contributed by atoms with Crippen molar-refractivity contribution in [3.05, 3.63) is 47.1 Å². The molecule has 0 spiro atoms. The van der Waals surface area contributed by atoms with Crippen LogP contribution < -0.4 is 16.7 Å². The van der Waals surface area contributed by atoms with Crippen LogP contribution in [0.3, 0.4) is 0 Å². The highest BCUT2D eigenvalue weighted by atomic mass is 16.1. The number of hydrogen-bond acceptors (Lipinski definition) is 5. The number of imidazole rings is 1. The molecular formula is C17H20N6O. The molecule has 2 atom stereocenters. The average Bonchev–Trinajstić information content (AvgIpc) is 3.11. The van der Waals surface area contributed by atoms with Gasteiger partial charge in [0.05, 0.1) is 17.4 Å². The van der Waals surface area contributed by atoms with Gasteiger partial charge >= 0.3 is 5.69 Å². The molecule has 24 heavy (non-hydrogen) atoms. The molecule has 0 unspecified atom stereocenters. The molecule has 4 rings (SSSR count). The summed E-state index contributed by atoms with van der Waals surface area (Å²) in [7, 11) is 1.75. The third-order valence-corrected chi connectivity index (χ3v) is 4.65. The normalized spacial score (nSPS) is 20.6. The molecule has 1 saturated carbocycles. The number of pyridine rings is 2. The maximum atomic E-state index is 12.5. The maximum Gasteiger partial charge on any atom is 0.334 e. The predicted molar refractivity (Wildman–Crippen MR) is 93.3 cm³/mol. The Labute approximate surface area is 139 Å². The Morgan fingerprint density at radius 1 is 1.25 bits per heavy atom. The standard InChI is InChI=1S/C17H20N6O/c1-22-14-3-2-8-19-16(14)23(17(22)24)13-6-7-15(20-10-13)21-12-5-4-11(18)9-12/h2-3,6-8,10-12H,4-5,9,18H2,1H3,(H,20,21)/t11-,12-/m0/s1. The Bertz CT molecular complexity index is 926. The summed E-state index contributed by atoms with van der Waals surface area (Å²) in [6.07, 6.45) is 6.47. The quantitative estimate of drug-likeness (QED) is 0.760. The van der Waals surface area contributed by atoms with E-state index in [1.807, 2.05) is 24.3 Å². The van der Waals surface area contributed by atoms with Crippen molar-refractivity contribution in [1.82, 2.24) is 19.1 Å². The van der Waals surface area contributed by atoms with Crippen molar-refractivity contribution >= 4 is 17.0 Å². The minimum absolute atomic E-state index is 0.132. The third-order valence-electron chi connectivity index (χ3n) is 4.65. The second kappa shape index (κ2) is 5.76. The largest absolute Gasteiger partial charge is 0.367 e. The molecule has 1 fully saturated rings. The van der Waals surface area contributed by atoms with Crippen LogP contribution in [0.25, 0.3) is 16.9 Å². The van der Waals surface area contributed by atoms with Gasteiger partial charge in [-0.15, -0.1) is 0 Å². The maximum absolute atomic E-state index is 12.5. The Hall–Kier alpha value is -2.67. The molecule has 0 bridgehead atoms. The summed E-state index contributed by atoms with van der Waals surface area (Å²) in [5.41, 5.74) is 7.95. The molecule has 3 aromatic rings. The minimum Gasteiger partial charge on any atom is -0.367 e. The fraction of sp³-hybridized carbons (Fsp3) is 0.353. The van der Waals surface area contributed by atoms with Gasteiger partial charge in [0.2, 0.25) is 0 Å². The zero-order chi connectivity index (χ0) is 16.7. The molecule has 7 nitrogen and oxygen atoms in total. The lowest BCUT2D eigenvalue weighted by molar-refractivity contribution is 0.686. The van der Waals surface area contributed by atoms with Gasteiger partial charge in [-0.05, 0) is 43.5 Å². The number of nitrogens with zero attached hydrogens (tertiary/aromatic N) is 4. The Balaban J connectivity index is 1.66. The van der Waals surface area contributed by atoms with E-state index in [-0.39, 0.29) is 11.7 Å². The van der Waals surface area contributed by atoms with E-state index in [1.165, 1.54) is 0 Å². The Morgan fingerprint density at radius 2 is 2.12 bits per heavy atom. The lowest BCUT2D eigenvalue weighted by atomic mass is 10.2. The lowest BCUT2D eigenvalue weighted by Crippen LogP contribution is -2.22. The van der Waals surface area contributed by atoms with E-state index in [0.29, 0.717) is 17.4 Å². The van der Waals surface area contributed by atoms with Crippen LogP contribution in [0.2, 0.25) is 0 Å². The first-order valence-corrected chi connectivity index (χ1v) is 8.14. The monoisotopic (exact) mass is 324 g/mol. The van der Waals surface area contributed by atoms with E-state index >= 15 is 0 Å². The van der Waals surface area contributed by atoms with Gasteiger partial charge in [-0.2, -0.15) is 0 Å². The van der Waals surface area contributed by atoms with Crippen LogP contribution >= 0.6 is 0 Å². The van der Waals surface area contributed by atoms with E-state index in [1.54, 1.807) is 28.6 Å². The molecule has 0 radical (unpaired) electrons. The minimum atomic E-state index is -0.132. The summed E-state index contributed by atoms with van der Waals surface area (Å²) in [5, 5.41) is 3.41. The van der Waals surface area contributed by atoms with Crippen molar-refractivity contribution in [3.8, 4) is 5.69 Å². The Morgan fingerprint density at radius 3 is 2.83 bits per heavy atom. The van der Waals surface area contributed by atoms with Crippen LogP contribution in [0.4, 0.5) is 5.82 Å². The van der Waals surface area contributed by atoms with Gasteiger partial charge in [0, 0.05) is 25.3 Å². The van der Waals surface area contributed by atoms with Crippen molar-refractivity contribution in [3.63, 3.8) is 0 Å². The Kier molecular flexibility index (Phi) is 3.57. The SMILES string of the molecule is Cn1c(=O)n(-c2ccc(N[C@H]3CC[C@H](N)C3)nc2)c2ncccc21. The number of nitrogens with two attached hydrogens (primary N) is 1. The number of anilines is 1. The first-order valence-electron chi connectivity index (χ1n) is 8.14. The highest BCUT2D eigenvalue weighted by Gasteiger charge is 2.21. The van der Waals surface area contributed by atoms with Gasteiger partial charge in [-0.25, -0.2) is 19.3 Å². The summed E-state index contributed by atoms with van der Waals surface area (Å²) in [6, 6.07) is 8.14. The zero-order valence-corrected chi connectivity index (χ0v) is 13.5. The van der Waals surface area contributed by atoms with Crippen LogP contribution in [0.1, 0.15) is 19.3 Å². The molecule has 3 aromatic heterocycles. The molecule has 0 aromatic carbocycles. The summed E-state index contributed by atoms with van der Waals surface area (Å²) in [6.45, 7) is 0. The molecule has 1 aliphatic carbocycles. The second-order valence-corrected chi connectivity index (χ2v) is 6.34. The molecule has 3 heterocycles. The number of aromatic nitrogens is 4. The smallest absolute Gasteiger partial charge is 0.334 e. The van der Waals surface area contributed by atoms with E-state index < -0.39 is 0 Å². The van der Waals surface area contributed by atoms with E-state index in [9.17, 15) is 4.79 Å². The number of fused-ring (bicyclic) bond motifs is 1. The highest BCUT2D eigenvalue weighted by Crippen LogP contribution is 2.21. The van der Waals surface area contributed by atoms with Crippen LogP contribution in [0.15, 0.2) is 41.5 Å². The van der Waals surface area contributed by atoms with Crippen molar-refractivity contribution in [2.45, 2.75) is 31.3 Å². The number of rotatable bonds is 3. The summed E-state index contributed by atoms with van der Waals surface area (Å²) in [5.74, 6) is 0.805. The van der Waals surface area contributed by atoms with Crippen molar-refractivity contribution in [1.29, 1.82) is 0 Å². The van der Waals surface area contributed by atoms with Crippen LogP contribution in [0.5, 0.6) is 0 Å². The van der Waals surface area contributed by atoms with E-state index in [2.05, 4.69) is 15.3 Å². The zero-order valence-electron chi connectivity index (χ0n) is 13.5. The fourth-order valence-electron chi connectivity index (χ4n) is 3.36. The van der Waals surface area contributed by atoms with Gasteiger partial charge < -0.3 is 11.1 Å². The van der Waals surface area contributed by atoms with Gasteiger partial charge in [0.1, 0.15) is 5.82 Å². The lowest BCUT2D eigenvalue weighted by Gasteiger charge is -2.13. The van der Waals surface area contributed by atoms with Crippen molar-refractivity contribution in [2.24, 2.45) is 12.8 Å². The molecule has 0 saturated heterocycles. The second-order valence-electron chi connectivity index (χ2n) is 6.34. The average molecular weight is 324 g/mol. The number of nitrogens with one attached hydrogen (secondary N) is 1. The van der Waals surface area contributed by atoms with Gasteiger partial charge in [0.25, 0.3) is 0 Å². The van der Waals surface area contributed by atoms with Crippen molar-refractivity contribution < 1.29 is 0 Å². The fourth-order valence-corrected chi connectivity index (χ4v) is 3.36. The van der Waals surface area contributed by atoms with Gasteiger partial charge in [-0.3, -0.25) is 4.57 Å². The first-order chi connectivity index (χ1) is 11.6. The van der Waals surface area contributed by atoms with E-state index in [0.717, 1.165) is 30.6 Å². The topological polar surface area (TPSA) is 90.8 Å². The molecular weight excluding hydrogens is 304 g/mol. The van der Waals surface area contributed by atoms with Gasteiger partial charge in [-0.1, -0.05) is 0 Å². The molecule has 124 valence electrons. The predicted octanol–water partition coefficient (Wildman–Crippen LogP) is 1.41. The molecule has 0 aliphatic heterocycles. The van der Waals surface area contributed by atoms with Crippen LogP contribution in [-0.2, 0) is 7.05 Å². The van der Waals surface area contributed by atoms with E-state index in [4.69, 9.17) is 5.73 Å². The summed E-state index contributed by atoms with van der Waals surface area (Å²) < 4.78 is 3.17. The third kappa shape index (κ3) is 2.46. The van der Waals surface area contributed by atoms with Gasteiger partial charge in [0.15, 0.2) is 5.65 Å². The molecule has 3 N–H and O–H groups in total. The summed E-state index contributed by atoms with van der Waals surface area (Å²) >= 11 is 0. The highest BCUT2D eigenvalue weighted by molar-refractivity contribution is 5.73. The number of hydrogen-bond donors (Lipinski definition) is 2. The molecule has 1 aliphatic rings. The molecule has 0 amide bonds. The van der Waals surface area contributed by atoms with Crippen LogP contribution in [-0.4, -0.2) is 31.2 Å². The number of aryl methyl sites for hydroxylation is 1. The van der Waals surface area contributed by atoms with Crippen LogP contribution in [0, 0.1) is 0 Å². The van der Waals surface area contributed by atoms with Crippen molar-refractivity contribution in [2.75, 3.05) is 5.32 Å².